The fraction of sp³-hybridized carbons (Fsp3) is 0.812. The van der Waals surface area contributed by atoms with Gasteiger partial charge in [0.1, 0.15) is 14.2 Å². The first-order valence-electron chi connectivity index (χ1n) is 7.82. The van der Waals surface area contributed by atoms with Gasteiger partial charge in [0.25, 0.3) is 10.1 Å². The van der Waals surface area contributed by atoms with Gasteiger partial charge in [0, 0.05) is 6.42 Å². The lowest BCUT2D eigenvalue weighted by atomic mass is 9.81. The van der Waals surface area contributed by atoms with Crippen molar-refractivity contribution in [1.29, 1.82) is 0 Å². The molecule has 6 heteroatoms. The molecule has 0 radical (unpaired) electrons. The maximum Gasteiger partial charge on any atom is 0.282 e. The molecule has 0 saturated heterocycles. The van der Waals surface area contributed by atoms with E-state index >= 15 is 0 Å². The van der Waals surface area contributed by atoms with Crippen LogP contribution in [-0.2, 0) is 19.1 Å². The molecular formula is C16H26O4SSi. The molecule has 2 saturated carbocycles. The highest BCUT2D eigenvalue weighted by molar-refractivity contribution is 7.89. The van der Waals surface area contributed by atoms with Gasteiger partial charge in [0.15, 0.2) is 10.5 Å². The molecule has 2 bridgehead atoms. The minimum absolute atomic E-state index is 0.141. The van der Waals surface area contributed by atoms with Crippen LogP contribution in [0.15, 0.2) is 0 Å². The van der Waals surface area contributed by atoms with Gasteiger partial charge in [0.05, 0.1) is 0 Å². The first kappa shape index (κ1) is 17.7. The topological polar surface area (TPSA) is 60.4 Å². The van der Waals surface area contributed by atoms with Gasteiger partial charge in [-0.15, -0.1) is 5.54 Å². The van der Waals surface area contributed by atoms with Gasteiger partial charge in [-0.05, 0) is 31.1 Å². The maximum atomic E-state index is 12.9. The number of rotatable bonds is 3. The number of fused-ring (bicyclic) bond motifs is 2. The number of carbonyl (C=O) groups is 1. The summed E-state index contributed by atoms with van der Waals surface area (Å²) in [5, 5.41) is 0. The molecule has 0 aliphatic heterocycles. The fourth-order valence-electron chi connectivity index (χ4n) is 3.84. The van der Waals surface area contributed by atoms with Crippen LogP contribution in [0.1, 0.15) is 40.0 Å². The average molecular weight is 343 g/mol. The summed E-state index contributed by atoms with van der Waals surface area (Å²) in [6.45, 7) is 11.7. The predicted molar refractivity (Wildman–Crippen MR) is 89.4 cm³/mol. The molecule has 2 fully saturated rings. The standard InChI is InChI=1S/C16H26O4SSi/c1-12(8-10-22(4,5)6)20-21(18,19)16-9-7-13(11-14(16)17)15(16,2)3/h12-13H,7,9,11H2,1-6H3/t12-,13-,16-/m0/s1. The van der Waals surface area contributed by atoms with E-state index in [4.69, 9.17) is 4.18 Å². The minimum Gasteiger partial charge on any atom is -0.298 e. The van der Waals surface area contributed by atoms with Gasteiger partial charge >= 0.3 is 0 Å². The van der Waals surface area contributed by atoms with Crippen LogP contribution in [0.25, 0.3) is 0 Å². The van der Waals surface area contributed by atoms with Crippen molar-refractivity contribution in [2.75, 3.05) is 0 Å². The third kappa shape index (κ3) is 2.57. The number of carbonyl (C=O) groups excluding carboxylic acids is 1. The second-order valence-electron chi connectivity index (χ2n) is 8.12. The Kier molecular flexibility index (Phi) is 4.17. The van der Waals surface area contributed by atoms with Gasteiger partial charge in [-0.2, -0.15) is 8.42 Å². The second-order valence-corrected chi connectivity index (χ2v) is 14.7. The highest BCUT2D eigenvalue weighted by Crippen LogP contribution is 2.62. The molecule has 22 heavy (non-hydrogen) atoms. The second kappa shape index (κ2) is 5.18. The quantitative estimate of drug-likeness (QED) is 0.449. The molecule has 0 spiro atoms. The predicted octanol–water partition coefficient (Wildman–Crippen LogP) is 2.75. The molecule has 0 unspecified atom stereocenters. The van der Waals surface area contributed by atoms with Crippen LogP contribution in [0.2, 0.25) is 19.6 Å². The van der Waals surface area contributed by atoms with Crippen molar-refractivity contribution in [2.45, 2.75) is 70.5 Å². The largest absolute Gasteiger partial charge is 0.298 e. The zero-order chi connectivity index (χ0) is 17.0. The third-order valence-electron chi connectivity index (χ3n) is 5.14. The first-order chi connectivity index (χ1) is 9.83. The van der Waals surface area contributed by atoms with E-state index in [0.717, 1.165) is 6.42 Å². The Bertz CT molecular complexity index is 648. The van der Waals surface area contributed by atoms with E-state index in [2.05, 4.69) is 31.1 Å². The van der Waals surface area contributed by atoms with Crippen LogP contribution in [0, 0.1) is 22.8 Å². The van der Waals surface area contributed by atoms with E-state index in [1.54, 1.807) is 6.92 Å². The van der Waals surface area contributed by atoms with Gasteiger partial charge in [-0.25, -0.2) is 0 Å². The van der Waals surface area contributed by atoms with Gasteiger partial charge in [-0.1, -0.05) is 39.4 Å². The lowest BCUT2D eigenvalue weighted by Crippen LogP contribution is -2.51. The highest BCUT2D eigenvalue weighted by atomic mass is 32.2. The van der Waals surface area contributed by atoms with Crippen molar-refractivity contribution < 1.29 is 17.4 Å². The van der Waals surface area contributed by atoms with E-state index in [9.17, 15) is 13.2 Å². The van der Waals surface area contributed by atoms with Crippen LogP contribution >= 0.6 is 0 Å². The zero-order valence-corrected chi connectivity index (χ0v) is 16.1. The number of hydrogen-bond acceptors (Lipinski definition) is 4. The molecule has 3 atom stereocenters. The normalized spacial score (nSPS) is 31.7. The monoisotopic (exact) mass is 342 g/mol. The molecule has 4 nitrogen and oxygen atoms in total. The van der Waals surface area contributed by atoms with E-state index in [-0.39, 0.29) is 11.7 Å². The van der Waals surface area contributed by atoms with Gasteiger partial charge < -0.3 is 0 Å². The Labute approximate surface area is 135 Å². The smallest absolute Gasteiger partial charge is 0.282 e. The highest BCUT2D eigenvalue weighted by Gasteiger charge is 2.71. The molecule has 0 aromatic rings. The molecule has 124 valence electrons. The Morgan fingerprint density at radius 2 is 1.91 bits per heavy atom. The van der Waals surface area contributed by atoms with Crippen molar-refractivity contribution in [1.82, 2.24) is 0 Å². The molecule has 0 heterocycles. The lowest BCUT2D eigenvalue weighted by molar-refractivity contribution is -0.121. The molecule has 0 aromatic heterocycles. The summed E-state index contributed by atoms with van der Waals surface area (Å²) in [4.78, 5) is 12.4. The zero-order valence-electron chi connectivity index (χ0n) is 14.3. The average Bonchev–Trinajstić information content (AvgIpc) is 2.70. The Hall–Kier alpha value is -0.643. The Morgan fingerprint density at radius 1 is 1.32 bits per heavy atom. The summed E-state index contributed by atoms with van der Waals surface area (Å²) in [6, 6.07) is 0. The summed E-state index contributed by atoms with van der Waals surface area (Å²) in [7, 11) is -5.58. The summed E-state index contributed by atoms with van der Waals surface area (Å²) < 4.78 is 29.7. The molecule has 2 aliphatic rings. The fourth-order valence-corrected chi connectivity index (χ4v) is 6.61. The van der Waals surface area contributed by atoms with Gasteiger partial charge in [0.2, 0.25) is 0 Å². The summed E-state index contributed by atoms with van der Waals surface area (Å²) in [6.07, 6.45) is 0.787. The lowest BCUT2D eigenvalue weighted by Gasteiger charge is -2.35. The molecule has 2 rings (SSSR count). The van der Waals surface area contributed by atoms with Crippen LogP contribution in [-0.4, -0.2) is 33.1 Å². The van der Waals surface area contributed by atoms with E-state index in [1.807, 2.05) is 13.8 Å². The van der Waals surface area contributed by atoms with Crippen LogP contribution < -0.4 is 0 Å². The number of hydrogen-bond donors (Lipinski definition) is 0. The van der Waals surface area contributed by atoms with E-state index in [1.165, 1.54) is 0 Å². The molecular weight excluding hydrogens is 316 g/mol. The SMILES string of the molecule is C[C@@H](C#C[Si](C)(C)C)OS(=O)(=O)[C@@]12CC[C@@H](CC1=O)C2(C)C. The van der Waals surface area contributed by atoms with Crippen molar-refractivity contribution >= 4 is 24.0 Å². The van der Waals surface area contributed by atoms with Crippen LogP contribution in [0.4, 0.5) is 0 Å². The number of Topliss-reactive ketones (excluding diaryl/α,β-unsaturated/α-hetero) is 1. The van der Waals surface area contributed by atoms with Gasteiger partial charge in [-0.3, -0.25) is 8.98 Å². The summed E-state index contributed by atoms with van der Waals surface area (Å²) >= 11 is 0. The van der Waals surface area contributed by atoms with Crippen molar-refractivity contribution in [3.05, 3.63) is 0 Å². The minimum atomic E-state index is -3.99. The molecule has 0 aromatic carbocycles. The summed E-state index contributed by atoms with van der Waals surface area (Å²) in [5.74, 6) is 2.86. The third-order valence-corrected chi connectivity index (χ3v) is 8.38. The Balaban J connectivity index is 2.31. The first-order valence-corrected chi connectivity index (χ1v) is 12.7. The van der Waals surface area contributed by atoms with Crippen LogP contribution in [0.3, 0.4) is 0 Å². The molecule has 0 amide bonds. The van der Waals surface area contributed by atoms with Crippen molar-refractivity contribution in [2.24, 2.45) is 11.3 Å². The summed E-state index contributed by atoms with van der Waals surface area (Å²) in [5.41, 5.74) is 2.56. The Morgan fingerprint density at radius 3 is 2.32 bits per heavy atom. The number of ketones is 1. The molecule has 0 N–H and O–H groups in total. The maximum absolute atomic E-state index is 12.9. The van der Waals surface area contributed by atoms with Crippen LogP contribution in [0.5, 0.6) is 0 Å². The van der Waals surface area contributed by atoms with Crippen molar-refractivity contribution in [3.63, 3.8) is 0 Å². The van der Waals surface area contributed by atoms with Crippen molar-refractivity contribution in [3.8, 4) is 11.5 Å². The van der Waals surface area contributed by atoms with E-state index in [0.29, 0.717) is 12.8 Å². The molecule has 2 aliphatic carbocycles. The van der Waals surface area contributed by atoms with E-state index < -0.39 is 34.5 Å².